The Hall–Kier alpha value is -7.23. The molecule has 0 amide bonds. The van der Waals surface area contributed by atoms with Crippen LogP contribution in [0.5, 0.6) is 0 Å². The smallest absolute Gasteiger partial charge is 0.164 e. The van der Waals surface area contributed by atoms with Gasteiger partial charge in [0.15, 0.2) is 17.5 Å². The van der Waals surface area contributed by atoms with Gasteiger partial charge in [0.1, 0.15) is 0 Å². The summed E-state index contributed by atoms with van der Waals surface area (Å²) in [7, 11) is 0. The highest BCUT2D eigenvalue weighted by molar-refractivity contribution is 6.20. The van der Waals surface area contributed by atoms with Gasteiger partial charge in [-0.25, -0.2) is 15.0 Å². The van der Waals surface area contributed by atoms with E-state index in [1.54, 1.807) is 0 Å². The van der Waals surface area contributed by atoms with E-state index in [0.717, 1.165) is 38.2 Å². The largest absolute Gasteiger partial charge is 0.208 e. The zero-order valence-electron chi connectivity index (χ0n) is 29.2. The molecule has 0 N–H and O–H groups in total. The van der Waals surface area contributed by atoms with Crippen molar-refractivity contribution >= 4 is 64.6 Å². The number of nitrogens with zero attached hydrogens (tertiary/aromatic N) is 3. The van der Waals surface area contributed by atoms with Crippen LogP contribution >= 0.6 is 0 Å². The highest BCUT2D eigenvalue weighted by Gasteiger charge is 2.18. The van der Waals surface area contributed by atoms with Crippen molar-refractivity contribution in [1.82, 2.24) is 15.0 Å². The Kier molecular flexibility index (Phi) is 6.86. The van der Waals surface area contributed by atoms with E-state index in [4.69, 9.17) is 15.0 Å². The Morgan fingerprint density at radius 1 is 0.222 bits per heavy atom. The third-order valence-electron chi connectivity index (χ3n) is 10.9. The number of fused-ring (bicyclic) bond motifs is 8. The van der Waals surface area contributed by atoms with E-state index in [2.05, 4.69) is 188 Å². The van der Waals surface area contributed by atoms with E-state index in [-0.39, 0.29) is 0 Å². The zero-order valence-corrected chi connectivity index (χ0v) is 29.2. The number of benzene rings is 10. The lowest BCUT2D eigenvalue weighted by Gasteiger charge is -2.15. The standard InChI is InChI=1S/C51H31N3/c1-3-13-35-30-37(22-20-32(35)10-1)49-52-50(38-23-21-33-11-2-4-14-36(33)31-38)54-51(53-49)48-29-28-47(40-16-7-8-17-43(40)48)42-19-9-18-41-45-25-24-34-12-5-6-15-39(34)44(45)26-27-46(41)42/h1-31H. The summed E-state index contributed by atoms with van der Waals surface area (Å²) in [5, 5.41) is 14.5. The molecular formula is C51H31N3. The molecule has 3 nitrogen and oxygen atoms in total. The van der Waals surface area contributed by atoms with Gasteiger partial charge < -0.3 is 0 Å². The Balaban J connectivity index is 1.12. The summed E-state index contributed by atoms with van der Waals surface area (Å²) in [5.41, 5.74) is 5.26. The maximum atomic E-state index is 5.21. The van der Waals surface area contributed by atoms with Crippen LogP contribution in [0.1, 0.15) is 0 Å². The molecule has 1 heterocycles. The van der Waals surface area contributed by atoms with Gasteiger partial charge in [0.05, 0.1) is 0 Å². The normalized spacial score (nSPS) is 11.7. The Bertz CT molecular complexity index is 3190. The fourth-order valence-corrected chi connectivity index (χ4v) is 8.23. The number of hydrogen-bond acceptors (Lipinski definition) is 3. The van der Waals surface area contributed by atoms with E-state index in [1.807, 2.05) is 0 Å². The summed E-state index contributed by atoms with van der Waals surface area (Å²) in [5.74, 6) is 1.95. The molecule has 0 saturated carbocycles. The fourth-order valence-electron chi connectivity index (χ4n) is 8.23. The lowest BCUT2D eigenvalue weighted by Crippen LogP contribution is -2.01. The molecule has 0 bridgehead atoms. The molecule has 0 aliphatic rings. The van der Waals surface area contributed by atoms with Crippen molar-refractivity contribution in [2.24, 2.45) is 0 Å². The molecule has 0 radical (unpaired) electrons. The average Bonchev–Trinajstić information content (AvgIpc) is 3.25. The molecule has 11 aromatic rings. The first-order valence-corrected chi connectivity index (χ1v) is 18.4. The summed E-state index contributed by atoms with van der Waals surface area (Å²) in [6, 6.07) is 67.1. The van der Waals surface area contributed by atoms with Crippen LogP contribution < -0.4 is 0 Å². The molecule has 0 saturated heterocycles. The van der Waals surface area contributed by atoms with Gasteiger partial charge in [-0.1, -0.05) is 170 Å². The first-order valence-electron chi connectivity index (χ1n) is 18.4. The maximum absolute atomic E-state index is 5.21. The third-order valence-corrected chi connectivity index (χ3v) is 10.9. The van der Waals surface area contributed by atoms with E-state index >= 15 is 0 Å². The molecule has 0 spiro atoms. The molecule has 10 aromatic carbocycles. The van der Waals surface area contributed by atoms with Crippen molar-refractivity contribution in [1.29, 1.82) is 0 Å². The van der Waals surface area contributed by atoms with Crippen LogP contribution in [0.4, 0.5) is 0 Å². The first-order chi connectivity index (χ1) is 26.7. The van der Waals surface area contributed by atoms with E-state index in [1.165, 1.54) is 54.2 Å². The molecular weight excluding hydrogens is 655 g/mol. The van der Waals surface area contributed by atoms with Crippen LogP contribution in [0, 0.1) is 0 Å². The minimum Gasteiger partial charge on any atom is -0.208 e. The molecule has 250 valence electrons. The Morgan fingerprint density at radius 2 is 0.630 bits per heavy atom. The molecule has 0 unspecified atom stereocenters. The quantitative estimate of drug-likeness (QED) is 0.173. The summed E-state index contributed by atoms with van der Waals surface area (Å²) in [4.78, 5) is 15.5. The third kappa shape index (κ3) is 4.94. The number of aromatic nitrogens is 3. The van der Waals surface area contributed by atoms with Crippen LogP contribution in [-0.2, 0) is 0 Å². The summed E-state index contributed by atoms with van der Waals surface area (Å²) < 4.78 is 0. The highest BCUT2D eigenvalue weighted by Crippen LogP contribution is 2.41. The molecule has 0 fully saturated rings. The summed E-state index contributed by atoms with van der Waals surface area (Å²) >= 11 is 0. The second-order valence-electron chi connectivity index (χ2n) is 14.0. The highest BCUT2D eigenvalue weighted by atomic mass is 15.0. The molecule has 0 aliphatic carbocycles. The van der Waals surface area contributed by atoms with Gasteiger partial charge >= 0.3 is 0 Å². The van der Waals surface area contributed by atoms with Crippen LogP contribution in [0.3, 0.4) is 0 Å². The van der Waals surface area contributed by atoms with Gasteiger partial charge in [0, 0.05) is 16.7 Å². The summed E-state index contributed by atoms with van der Waals surface area (Å²) in [6.45, 7) is 0. The van der Waals surface area contributed by atoms with E-state index in [0.29, 0.717) is 17.5 Å². The Labute approximate surface area is 311 Å². The topological polar surface area (TPSA) is 38.7 Å². The molecule has 0 aliphatic heterocycles. The van der Waals surface area contributed by atoms with Gasteiger partial charge in [0.2, 0.25) is 0 Å². The number of rotatable bonds is 4. The van der Waals surface area contributed by atoms with Crippen molar-refractivity contribution in [3.8, 4) is 45.3 Å². The van der Waals surface area contributed by atoms with Crippen molar-refractivity contribution in [3.05, 3.63) is 188 Å². The van der Waals surface area contributed by atoms with Crippen molar-refractivity contribution in [2.75, 3.05) is 0 Å². The molecule has 3 heteroatoms. The van der Waals surface area contributed by atoms with E-state index in [9.17, 15) is 0 Å². The minimum absolute atomic E-state index is 0.648. The van der Waals surface area contributed by atoms with Crippen molar-refractivity contribution < 1.29 is 0 Å². The van der Waals surface area contributed by atoms with Gasteiger partial charge in [-0.15, -0.1) is 0 Å². The van der Waals surface area contributed by atoms with E-state index < -0.39 is 0 Å². The average molecular weight is 686 g/mol. The molecule has 0 atom stereocenters. The first kappa shape index (κ1) is 30.4. The molecule has 11 rings (SSSR count). The van der Waals surface area contributed by atoms with Crippen LogP contribution in [0.15, 0.2) is 188 Å². The minimum atomic E-state index is 0.648. The second kappa shape index (κ2) is 12.2. The maximum Gasteiger partial charge on any atom is 0.164 e. The second-order valence-corrected chi connectivity index (χ2v) is 14.0. The molecule has 1 aromatic heterocycles. The predicted octanol–water partition coefficient (Wildman–Crippen LogP) is 13.5. The van der Waals surface area contributed by atoms with Gasteiger partial charge in [-0.2, -0.15) is 0 Å². The van der Waals surface area contributed by atoms with Gasteiger partial charge in [-0.05, 0) is 94.0 Å². The van der Waals surface area contributed by atoms with Crippen LogP contribution in [-0.4, -0.2) is 15.0 Å². The van der Waals surface area contributed by atoms with Crippen molar-refractivity contribution in [2.45, 2.75) is 0 Å². The van der Waals surface area contributed by atoms with Crippen LogP contribution in [0.2, 0.25) is 0 Å². The van der Waals surface area contributed by atoms with Gasteiger partial charge in [-0.3, -0.25) is 0 Å². The summed E-state index contributed by atoms with van der Waals surface area (Å²) in [6.07, 6.45) is 0. The fraction of sp³-hybridized carbons (Fsp3) is 0. The molecule has 54 heavy (non-hydrogen) atoms. The predicted molar refractivity (Wildman–Crippen MR) is 227 cm³/mol. The Morgan fingerprint density at radius 3 is 1.31 bits per heavy atom. The van der Waals surface area contributed by atoms with Gasteiger partial charge in [0.25, 0.3) is 0 Å². The lowest BCUT2D eigenvalue weighted by molar-refractivity contribution is 1.08. The lowest BCUT2D eigenvalue weighted by atomic mass is 9.89. The zero-order chi connectivity index (χ0) is 35.6. The SMILES string of the molecule is c1ccc2cc(-c3nc(-c4ccc5ccccc5c4)nc(-c4ccc(-c5cccc6c5ccc5c7ccccc7ccc65)c5ccccc45)n3)ccc2c1. The monoisotopic (exact) mass is 685 g/mol. The van der Waals surface area contributed by atoms with Crippen molar-refractivity contribution in [3.63, 3.8) is 0 Å². The van der Waals surface area contributed by atoms with Crippen LogP contribution in [0.25, 0.3) is 110 Å². The number of hydrogen-bond donors (Lipinski definition) is 0.